The smallest absolute Gasteiger partial charge is 0.658 e. The van der Waals surface area contributed by atoms with E-state index in [0.717, 1.165) is 164 Å². The first kappa shape index (κ1) is 53.3. The molecular formula is C56H46Br8MnN4. The number of aromatic amines is 1. The summed E-state index contributed by atoms with van der Waals surface area (Å²) in [5, 5.41) is 1.75. The van der Waals surface area contributed by atoms with Crippen LogP contribution in [0.4, 0.5) is 0 Å². The maximum atomic E-state index is 5.84. The van der Waals surface area contributed by atoms with E-state index in [1.54, 1.807) is 0 Å². The largest absolute Gasteiger partial charge is 2.00 e. The topological polar surface area (TPSA) is 56.4 Å². The Bertz CT molecular complexity index is 3540. The standard InChI is InChI=1S/C56H46Br8N4.Mn/c1-21-13-25(5)33(26(6)14-21)37-49-41(57)43(59)51(65-49)38(34-27(7)15-22(2)16-28(34)8)53-45(61)47(63)55(67-53)40(36-31(11)19-24(4)20-32(36)12)56-48(64)46(62)54(68-56)39(52-44(60)42(58)50(37)66-52)35-29(9)17-23(3)18-30(35)10;/h13-20,37,67H,1-12H3;/q-2;+2. The van der Waals surface area contributed by atoms with Gasteiger partial charge in [-0.05, 0) is 231 Å². The molecule has 4 aromatic carbocycles. The van der Waals surface area contributed by atoms with Gasteiger partial charge in [0, 0.05) is 23.5 Å². The van der Waals surface area contributed by atoms with E-state index in [0.29, 0.717) is 0 Å². The molecule has 3 aromatic heterocycles. The van der Waals surface area contributed by atoms with Gasteiger partial charge in [-0.1, -0.05) is 135 Å². The van der Waals surface area contributed by atoms with Crippen molar-refractivity contribution in [1.82, 2.24) is 15.0 Å². The van der Waals surface area contributed by atoms with Gasteiger partial charge in [-0.15, -0.1) is 22.8 Å². The molecule has 0 aliphatic carbocycles. The summed E-state index contributed by atoms with van der Waals surface area (Å²) in [5.74, 6) is -0.412. The number of nitrogens with zero attached hydrogens (tertiary/aromatic N) is 3. The van der Waals surface area contributed by atoms with Crippen molar-refractivity contribution in [2.75, 3.05) is 0 Å². The number of rotatable bonds is 4. The van der Waals surface area contributed by atoms with E-state index in [2.05, 4.69) is 264 Å². The number of fused-ring (bicyclic) bond motifs is 7. The summed E-state index contributed by atoms with van der Waals surface area (Å²) in [6, 6.07) is 18.0. The average molecular weight is 1470 g/mol. The second-order valence-corrected chi connectivity index (χ2v) is 24.9. The Kier molecular flexibility index (Phi) is 15.4. The van der Waals surface area contributed by atoms with Crippen LogP contribution in [0.1, 0.15) is 118 Å². The van der Waals surface area contributed by atoms with Crippen molar-refractivity contribution in [3.05, 3.63) is 213 Å². The second kappa shape index (κ2) is 20.0. The van der Waals surface area contributed by atoms with Crippen LogP contribution in [-0.2, 0) is 17.1 Å². The fourth-order valence-electron chi connectivity index (χ4n) is 11.0. The molecule has 1 radical (unpaired) electrons. The molecule has 13 heteroatoms. The molecule has 0 saturated carbocycles. The van der Waals surface area contributed by atoms with Gasteiger partial charge in [-0.2, -0.15) is 0 Å². The normalized spacial score (nSPS) is 14.9. The summed E-state index contributed by atoms with van der Waals surface area (Å²) in [4.78, 5) is 21.5. The van der Waals surface area contributed by atoms with E-state index in [4.69, 9.17) is 15.0 Å². The summed E-state index contributed by atoms with van der Waals surface area (Å²) >= 11 is 33.4. The van der Waals surface area contributed by atoms with Crippen molar-refractivity contribution in [2.24, 2.45) is 4.99 Å². The van der Waals surface area contributed by atoms with Gasteiger partial charge in [-0.3, -0.25) is 0 Å². The van der Waals surface area contributed by atoms with Gasteiger partial charge in [-0.25, -0.2) is 4.99 Å². The molecule has 8 bridgehead atoms. The van der Waals surface area contributed by atoms with E-state index in [-0.39, 0.29) is 17.1 Å². The van der Waals surface area contributed by atoms with E-state index < -0.39 is 5.92 Å². The Labute approximate surface area is 482 Å². The Hall–Kier alpha value is -2.03. The fourth-order valence-corrected chi connectivity index (χ4v) is 14.9. The summed E-state index contributed by atoms with van der Waals surface area (Å²) in [6.07, 6.45) is 0. The Morgan fingerprint density at radius 1 is 0.406 bits per heavy atom. The van der Waals surface area contributed by atoms with Gasteiger partial charge in [0.2, 0.25) is 0 Å². The number of aliphatic imine (C=N–C) groups is 1. The monoisotopic (exact) mass is 1460 g/mol. The first-order valence-corrected chi connectivity index (χ1v) is 28.4. The van der Waals surface area contributed by atoms with Gasteiger partial charge >= 0.3 is 17.1 Å². The van der Waals surface area contributed by atoms with Crippen LogP contribution in [0.25, 0.3) is 16.7 Å². The van der Waals surface area contributed by atoms with Gasteiger partial charge in [0.15, 0.2) is 0 Å². The van der Waals surface area contributed by atoms with Gasteiger partial charge in [0.05, 0.1) is 40.0 Å². The second-order valence-electron chi connectivity index (χ2n) is 18.6. The van der Waals surface area contributed by atoms with Crippen molar-refractivity contribution in [3.8, 4) is 0 Å². The zero-order valence-electron chi connectivity index (χ0n) is 39.9. The molecule has 1 unspecified atom stereocenters. The Morgan fingerprint density at radius 2 is 0.739 bits per heavy atom. The van der Waals surface area contributed by atoms with Crippen LogP contribution in [0.5, 0.6) is 0 Å². The molecule has 2 aliphatic heterocycles. The summed E-state index contributed by atoms with van der Waals surface area (Å²) in [7, 11) is 0. The third-order valence-corrected chi connectivity index (χ3v) is 21.6. The summed E-state index contributed by atoms with van der Waals surface area (Å²) in [5.41, 5.74) is 25.9. The first-order valence-electron chi connectivity index (χ1n) is 22.1. The van der Waals surface area contributed by atoms with Crippen molar-refractivity contribution < 1.29 is 17.1 Å². The summed E-state index contributed by atoms with van der Waals surface area (Å²) < 4.78 is 6.79. The number of halogens is 8. The number of allylic oxidation sites excluding steroid dienone is 2. The molecular weight excluding hydrogens is 1420 g/mol. The van der Waals surface area contributed by atoms with Crippen LogP contribution >= 0.6 is 127 Å². The molecule has 69 heavy (non-hydrogen) atoms. The fraction of sp³-hybridized carbons (Fsp3) is 0.232. The number of nitrogens with one attached hydrogen (secondary N) is 1. The quantitative estimate of drug-likeness (QED) is 0.179. The molecule has 0 amide bonds. The van der Waals surface area contributed by atoms with Crippen molar-refractivity contribution >= 4 is 150 Å². The molecule has 353 valence electrons. The molecule has 0 saturated heterocycles. The van der Waals surface area contributed by atoms with E-state index in [1.807, 2.05) is 0 Å². The van der Waals surface area contributed by atoms with Gasteiger partial charge < -0.3 is 15.0 Å². The Morgan fingerprint density at radius 3 is 1.14 bits per heavy atom. The van der Waals surface area contributed by atoms with E-state index >= 15 is 0 Å². The molecule has 1 atom stereocenters. The molecule has 1 N–H and O–H groups in total. The van der Waals surface area contributed by atoms with Crippen LogP contribution < -0.4 is 20.7 Å². The van der Waals surface area contributed by atoms with E-state index in [1.165, 1.54) is 22.3 Å². The third-order valence-electron chi connectivity index (χ3n) is 13.2. The van der Waals surface area contributed by atoms with Crippen LogP contribution in [-0.4, -0.2) is 10.7 Å². The minimum absolute atomic E-state index is 0. The van der Waals surface area contributed by atoms with Gasteiger partial charge in [0.1, 0.15) is 0 Å². The molecule has 0 fully saturated rings. The molecule has 2 aliphatic rings. The third kappa shape index (κ3) is 8.92. The molecule has 7 aromatic rings. The van der Waals surface area contributed by atoms with Crippen LogP contribution in [0.3, 0.4) is 0 Å². The van der Waals surface area contributed by atoms with Crippen LogP contribution in [0.15, 0.2) is 95.0 Å². The predicted molar refractivity (Wildman–Crippen MR) is 312 cm³/mol. The van der Waals surface area contributed by atoms with Crippen molar-refractivity contribution in [2.45, 2.75) is 89.0 Å². The number of benzene rings is 4. The SMILES string of the molecule is Cc1cc(C)c(C2=C3N=C(C(Br)=C3Br)C(c3c(C)cc(C)cc3C)=c3[nH]c(c(Br)c3Br)=C(c3c(C)cc(C)cc3C)c3[n-]c(c(Br)c3Br)C(c3c(C)cc(C)cc3C)c3[n-]c2c(Br)c3Br)c(C)c1.[Mn+2]. The number of aryl methyl sites for hydroxylation is 12. The molecule has 0 spiro atoms. The molecule has 5 heterocycles. The number of aromatic nitrogens is 3. The zero-order chi connectivity index (χ0) is 49.3. The Balaban J connectivity index is 0.00000642. The maximum Gasteiger partial charge on any atom is 2.00 e. The van der Waals surface area contributed by atoms with E-state index in [9.17, 15) is 0 Å². The minimum Gasteiger partial charge on any atom is -0.658 e. The van der Waals surface area contributed by atoms with Crippen molar-refractivity contribution in [1.29, 1.82) is 0 Å². The van der Waals surface area contributed by atoms with Crippen LogP contribution in [0.2, 0.25) is 0 Å². The molecule has 4 nitrogen and oxygen atoms in total. The first-order chi connectivity index (χ1) is 32.0. The van der Waals surface area contributed by atoms with Crippen molar-refractivity contribution in [3.63, 3.8) is 0 Å². The zero-order valence-corrected chi connectivity index (χ0v) is 53.8. The average Bonchev–Trinajstić information content (AvgIpc) is 3.90. The predicted octanol–water partition coefficient (Wildman–Crippen LogP) is 17.1. The maximum absolute atomic E-state index is 5.84. The van der Waals surface area contributed by atoms with Crippen LogP contribution in [0, 0.1) is 83.1 Å². The molecule has 9 rings (SSSR count). The minimum atomic E-state index is -0.412. The summed E-state index contributed by atoms with van der Waals surface area (Å²) in [6.45, 7) is 26.1. The number of H-pyrrole nitrogens is 1. The number of hydrogen-bond acceptors (Lipinski definition) is 1. The number of hydrogen-bond donors (Lipinski definition) is 1. The van der Waals surface area contributed by atoms with Gasteiger partial charge in [0.25, 0.3) is 0 Å².